The summed E-state index contributed by atoms with van der Waals surface area (Å²) in [6, 6.07) is 6.85. The van der Waals surface area contributed by atoms with Crippen LogP contribution in [0.15, 0.2) is 43.1 Å². The van der Waals surface area contributed by atoms with Crippen LogP contribution in [-0.2, 0) is 24.3 Å². The third-order valence-corrected chi connectivity index (χ3v) is 9.88. The van der Waals surface area contributed by atoms with Gasteiger partial charge >= 0.3 is 6.09 Å². The van der Waals surface area contributed by atoms with Crippen LogP contribution in [-0.4, -0.2) is 65.6 Å². The van der Waals surface area contributed by atoms with Crippen molar-refractivity contribution in [1.82, 2.24) is 14.6 Å². The molecule has 1 N–H and O–H groups in total. The molecule has 1 aromatic carbocycles. The van der Waals surface area contributed by atoms with Crippen LogP contribution < -0.4 is 9.46 Å². The van der Waals surface area contributed by atoms with Crippen molar-refractivity contribution in [2.75, 3.05) is 6.54 Å². The molecule has 2 aromatic rings. The van der Waals surface area contributed by atoms with Crippen molar-refractivity contribution in [3.8, 4) is 5.88 Å². The number of amides is 2. The molecule has 4 atom stereocenters. The molecule has 2 heterocycles. The Balaban J connectivity index is 1.38. The van der Waals surface area contributed by atoms with Gasteiger partial charge in [-0.25, -0.2) is 18.2 Å². The van der Waals surface area contributed by atoms with Gasteiger partial charge in [0.1, 0.15) is 11.7 Å². The number of ether oxygens (including phenoxy) is 2. The molecular formula is C30H37N3O7S. The number of aromatic nitrogens is 1. The molecule has 220 valence electrons. The number of carbonyl (C=O) groups is 3. The minimum atomic E-state index is -3.78. The quantitative estimate of drug-likeness (QED) is 0.437. The van der Waals surface area contributed by atoms with Gasteiger partial charge in [0.05, 0.1) is 23.3 Å². The third kappa shape index (κ3) is 5.95. The number of hydrogen-bond donors (Lipinski definition) is 1. The molecule has 1 aliphatic heterocycles. The summed E-state index contributed by atoms with van der Waals surface area (Å²) in [5.41, 5.74) is -1.02. The second-order valence-electron chi connectivity index (χ2n) is 12.4. The minimum Gasteiger partial charge on any atom is -0.472 e. The van der Waals surface area contributed by atoms with E-state index in [9.17, 15) is 22.8 Å². The Bertz CT molecular complexity index is 1510. The fourth-order valence-corrected chi connectivity index (χ4v) is 7.02. The Kier molecular flexibility index (Phi) is 7.38. The zero-order valence-electron chi connectivity index (χ0n) is 23.9. The fourth-order valence-electron chi connectivity index (χ4n) is 5.64. The normalized spacial score (nSPS) is 26.0. The van der Waals surface area contributed by atoms with Crippen LogP contribution in [0.4, 0.5) is 4.79 Å². The van der Waals surface area contributed by atoms with Crippen LogP contribution in [0.1, 0.15) is 58.4 Å². The van der Waals surface area contributed by atoms with Gasteiger partial charge in [0.2, 0.25) is 21.8 Å². The zero-order chi connectivity index (χ0) is 29.7. The lowest BCUT2D eigenvalue weighted by Crippen LogP contribution is -2.46. The maximum absolute atomic E-state index is 13.8. The summed E-state index contributed by atoms with van der Waals surface area (Å²) < 4.78 is 39.1. The number of fused-ring (bicyclic) bond motifs is 1. The number of carbonyl (C=O) groups excluding carboxylic acids is 3. The van der Waals surface area contributed by atoms with Crippen LogP contribution in [0.25, 0.3) is 10.8 Å². The minimum absolute atomic E-state index is 0.0927. The fraction of sp³-hybridized carbons (Fsp3) is 0.533. The number of ketones is 1. The summed E-state index contributed by atoms with van der Waals surface area (Å²) in [6.45, 7) is 11.1. The number of likely N-dealkylation sites (tertiary alicyclic amines) is 1. The molecule has 3 aliphatic rings. The lowest BCUT2D eigenvalue weighted by molar-refractivity contribution is -0.131. The highest BCUT2D eigenvalue weighted by molar-refractivity contribution is 7.90. The molecule has 1 saturated heterocycles. The smallest absolute Gasteiger partial charge is 0.411 e. The summed E-state index contributed by atoms with van der Waals surface area (Å²) in [5, 5.41) is 1.25. The highest BCUT2D eigenvalue weighted by Gasteiger charge is 2.61. The summed E-state index contributed by atoms with van der Waals surface area (Å²) in [7, 11) is -3.78. The molecule has 2 saturated carbocycles. The highest BCUT2D eigenvalue weighted by Crippen LogP contribution is 2.57. The second kappa shape index (κ2) is 10.4. The van der Waals surface area contributed by atoms with E-state index >= 15 is 0 Å². The maximum Gasteiger partial charge on any atom is 0.411 e. The number of rotatable bonds is 9. The topological polar surface area (TPSA) is 132 Å². The number of hydrogen-bond acceptors (Lipinski definition) is 8. The summed E-state index contributed by atoms with van der Waals surface area (Å²) in [5.74, 6) is -0.968. The Hall–Kier alpha value is -3.47. The van der Waals surface area contributed by atoms with Gasteiger partial charge in [-0.15, -0.1) is 6.58 Å². The van der Waals surface area contributed by atoms with E-state index in [0.717, 1.165) is 16.3 Å². The van der Waals surface area contributed by atoms with Gasteiger partial charge in [-0.3, -0.25) is 19.2 Å². The summed E-state index contributed by atoms with van der Waals surface area (Å²) >= 11 is 0. The van der Waals surface area contributed by atoms with Crippen molar-refractivity contribution in [2.45, 2.75) is 82.8 Å². The average molecular weight is 584 g/mol. The summed E-state index contributed by atoms with van der Waals surface area (Å²) in [4.78, 5) is 46.1. The van der Waals surface area contributed by atoms with Crippen molar-refractivity contribution in [3.05, 3.63) is 48.7 Å². The van der Waals surface area contributed by atoms with E-state index in [1.165, 1.54) is 4.90 Å². The van der Waals surface area contributed by atoms with Gasteiger partial charge in [0, 0.05) is 24.4 Å². The van der Waals surface area contributed by atoms with E-state index < -0.39 is 50.4 Å². The molecule has 0 radical (unpaired) electrons. The van der Waals surface area contributed by atoms with Crippen LogP contribution in [0.3, 0.4) is 0 Å². The molecule has 2 aliphatic carbocycles. The van der Waals surface area contributed by atoms with Crippen molar-refractivity contribution < 1.29 is 32.3 Å². The van der Waals surface area contributed by atoms with E-state index in [4.69, 9.17) is 9.47 Å². The molecule has 2 amide bonds. The van der Waals surface area contributed by atoms with Crippen molar-refractivity contribution >= 4 is 38.6 Å². The number of nitrogens with one attached hydrogen (secondary N) is 1. The first-order valence-corrected chi connectivity index (χ1v) is 15.5. The van der Waals surface area contributed by atoms with Gasteiger partial charge < -0.3 is 9.47 Å². The van der Waals surface area contributed by atoms with Gasteiger partial charge in [-0.1, -0.05) is 24.3 Å². The van der Waals surface area contributed by atoms with E-state index in [1.54, 1.807) is 33.0 Å². The largest absolute Gasteiger partial charge is 0.472 e. The van der Waals surface area contributed by atoms with Gasteiger partial charge in [0.15, 0.2) is 5.78 Å². The number of allylic oxidation sites excluding steroid dienone is 1. The number of sulfonamides is 1. The monoisotopic (exact) mass is 583 g/mol. The van der Waals surface area contributed by atoms with Crippen molar-refractivity contribution in [1.29, 1.82) is 0 Å². The van der Waals surface area contributed by atoms with Crippen LogP contribution >= 0.6 is 0 Å². The average Bonchev–Trinajstić information content (AvgIpc) is 3.80. The predicted octanol–water partition coefficient (Wildman–Crippen LogP) is 4.06. The lowest BCUT2D eigenvalue weighted by Gasteiger charge is -2.28. The highest BCUT2D eigenvalue weighted by atomic mass is 32.2. The number of pyridine rings is 1. The first-order valence-electron chi connectivity index (χ1n) is 14.0. The molecule has 0 spiro atoms. The molecule has 5 rings (SSSR count). The maximum atomic E-state index is 13.8. The lowest BCUT2D eigenvalue weighted by atomic mass is 9.91. The molecule has 41 heavy (non-hydrogen) atoms. The summed E-state index contributed by atoms with van der Waals surface area (Å²) in [6.07, 6.45) is 3.32. The zero-order valence-corrected chi connectivity index (χ0v) is 24.7. The van der Waals surface area contributed by atoms with E-state index in [0.29, 0.717) is 25.1 Å². The second-order valence-corrected chi connectivity index (χ2v) is 14.4. The van der Waals surface area contributed by atoms with Gasteiger partial charge in [-0.2, -0.15) is 0 Å². The number of Topliss-reactive ketones (excluding diaryl/α,β-unsaturated/α-hetero) is 1. The first kappa shape index (κ1) is 29.0. The van der Waals surface area contributed by atoms with E-state index in [-0.39, 0.29) is 31.1 Å². The Morgan fingerprint density at radius 1 is 1.22 bits per heavy atom. The number of aryl methyl sites for hydroxylation is 1. The Morgan fingerprint density at radius 2 is 1.95 bits per heavy atom. The molecule has 2 unspecified atom stereocenters. The molecule has 3 fully saturated rings. The Labute approximate surface area is 240 Å². The predicted molar refractivity (Wildman–Crippen MR) is 153 cm³/mol. The van der Waals surface area contributed by atoms with Crippen LogP contribution in [0.5, 0.6) is 5.88 Å². The molecule has 10 nitrogen and oxygen atoms in total. The number of benzene rings is 1. The van der Waals surface area contributed by atoms with E-state index in [2.05, 4.69) is 16.3 Å². The van der Waals surface area contributed by atoms with Gasteiger partial charge in [0.25, 0.3) is 0 Å². The molecule has 1 aromatic heterocycles. The number of nitrogens with zero attached hydrogens (tertiary/aromatic N) is 2. The third-order valence-electron chi connectivity index (χ3n) is 8.06. The van der Waals surface area contributed by atoms with Crippen molar-refractivity contribution in [2.24, 2.45) is 11.3 Å². The van der Waals surface area contributed by atoms with Gasteiger partial charge in [-0.05, 0) is 69.9 Å². The molecule has 0 bridgehead atoms. The Morgan fingerprint density at radius 3 is 2.59 bits per heavy atom. The SMILES string of the molecule is C=C[C@@H]1C[C@]1(CC(=O)C1CC(Oc2nccc3cccc(C)c23)CN1C(=O)OC(C)(C)C)C(=O)NS(=O)(=O)C1CC1. The van der Waals surface area contributed by atoms with Crippen molar-refractivity contribution in [3.63, 3.8) is 0 Å². The first-order chi connectivity index (χ1) is 19.2. The van der Waals surface area contributed by atoms with Crippen LogP contribution in [0, 0.1) is 18.3 Å². The standard InChI is InChI=1S/C30H37N3O7S/c1-6-20-15-30(20,27(35)32-41(37,38)22-10-11-22)16-24(34)23-14-21(17-33(23)28(36)40-29(3,4)5)39-26-25-18(2)8-7-9-19(25)12-13-31-26/h6-9,12-13,20-23H,1,10-11,14-17H2,2-5H3,(H,32,35)/t20-,21?,23?,30-/m1/s1. The van der Waals surface area contributed by atoms with E-state index in [1.807, 2.05) is 31.2 Å². The molecular weight excluding hydrogens is 546 g/mol. The van der Waals surface area contributed by atoms with Crippen LogP contribution in [0.2, 0.25) is 0 Å². The molecule has 11 heteroatoms.